The van der Waals surface area contributed by atoms with Gasteiger partial charge in [0.05, 0.1) is 5.60 Å². The molecule has 1 rings (SSSR count). The quantitative estimate of drug-likeness (QED) is 0.683. The van der Waals surface area contributed by atoms with Crippen LogP contribution in [0, 0.1) is 5.92 Å². The van der Waals surface area contributed by atoms with Crippen LogP contribution in [0.1, 0.15) is 27.2 Å². The van der Waals surface area contributed by atoms with E-state index >= 15 is 0 Å². The van der Waals surface area contributed by atoms with Gasteiger partial charge in [0.25, 0.3) is 0 Å². The van der Waals surface area contributed by atoms with Gasteiger partial charge in [0.1, 0.15) is 0 Å². The Morgan fingerprint density at radius 3 is 2.46 bits per heavy atom. The van der Waals surface area contributed by atoms with Crippen LogP contribution in [0.25, 0.3) is 0 Å². The minimum atomic E-state index is -0.259. The van der Waals surface area contributed by atoms with E-state index in [4.69, 9.17) is 10.5 Å². The van der Waals surface area contributed by atoms with Gasteiger partial charge in [-0.3, -0.25) is 0 Å². The predicted molar refractivity (Wildman–Crippen MR) is 54.7 cm³/mol. The lowest BCUT2D eigenvalue weighted by Gasteiger charge is -2.45. The molecule has 2 unspecified atom stereocenters. The summed E-state index contributed by atoms with van der Waals surface area (Å²) in [5.74, 6) is 0.423. The van der Waals surface area contributed by atoms with Crippen molar-refractivity contribution in [1.82, 2.24) is 5.32 Å². The first-order valence-corrected chi connectivity index (χ1v) is 5.01. The maximum absolute atomic E-state index is 6.35. The van der Waals surface area contributed by atoms with Gasteiger partial charge in [0, 0.05) is 19.2 Å². The number of nitrogens with one attached hydrogen (secondary N) is 1. The fraction of sp³-hybridized carbons (Fsp3) is 1.00. The standard InChI is InChI=1S/C10H22N2O/c1-8(2)9(3,11)10(13-4)5-6-12-7-10/h8,12H,5-7,11H2,1-4H3. The molecule has 1 fully saturated rings. The summed E-state index contributed by atoms with van der Waals surface area (Å²) < 4.78 is 5.64. The number of hydrogen-bond acceptors (Lipinski definition) is 3. The van der Waals surface area contributed by atoms with Gasteiger partial charge in [0.15, 0.2) is 0 Å². The Hall–Kier alpha value is -0.120. The van der Waals surface area contributed by atoms with Crippen molar-refractivity contribution in [2.75, 3.05) is 20.2 Å². The Kier molecular flexibility index (Phi) is 3.00. The molecule has 0 aromatic heterocycles. The summed E-state index contributed by atoms with van der Waals surface area (Å²) in [4.78, 5) is 0. The first-order valence-electron chi connectivity index (χ1n) is 5.01. The summed E-state index contributed by atoms with van der Waals surface area (Å²) in [6.07, 6.45) is 1.01. The molecular weight excluding hydrogens is 164 g/mol. The van der Waals surface area contributed by atoms with Gasteiger partial charge < -0.3 is 15.8 Å². The highest BCUT2D eigenvalue weighted by Crippen LogP contribution is 2.34. The maximum Gasteiger partial charge on any atom is 0.0992 e. The van der Waals surface area contributed by atoms with Crippen LogP contribution in [0.5, 0.6) is 0 Å². The molecule has 78 valence electrons. The van der Waals surface area contributed by atoms with Crippen molar-refractivity contribution in [3.05, 3.63) is 0 Å². The van der Waals surface area contributed by atoms with Crippen molar-refractivity contribution in [3.8, 4) is 0 Å². The van der Waals surface area contributed by atoms with Crippen LogP contribution in [0.4, 0.5) is 0 Å². The highest BCUT2D eigenvalue weighted by molar-refractivity contribution is 5.08. The molecule has 3 N–H and O–H groups in total. The number of ether oxygens (including phenoxy) is 1. The van der Waals surface area contributed by atoms with Crippen LogP contribution in [0.2, 0.25) is 0 Å². The SMILES string of the molecule is COC1(C(C)(N)C(C)C)CCNC1. The smallest absolute Gasteiger partial charge is 0.0992 e. The zero-order valence-electron chi connectivity index (χ0n) is 9.18. The van der Waals surface area contributed by atoms with Gasteiger partial charge in [-0.2, -0.15) is 0 Å². The maximum atomic E-state index is 6.35. The molecule has 0 aromatic carbocycles. The Labute approximate surface area is 81.0 Å². The largest absolute Gasteiger partial charge is 0.375 e. The van der Waals surface area contributed by atoms with Gasteiger partial charge in [0.2, 0.25) is 0 Å². The molecule has 2 atom stereocenters. The van der Waals surface area contributed by atoms with E-state index in [0.29, 0.717) is 5.92 Å². The number of methoxy groups -OCH3 is 1. The molecule has 0 bridgehead atoms. The molecule has 1 heterocycles. The number of hydrogen-bond donors (Lipinski definition) is 2. The van der Waals surface area contributed by atoms with E-state index < -0.39 is 0 Å². The van der Waals surface area contributed by atoms with Crippen molar-refractivity contribution < 1.29 is 4.74 Å². The van der Waals surface area contributed by atoms with Gasteiger partial charge in [-0.1, -0.05) is 13.8 Å². The van der Waals surface area contributed by atoms with Crippen molar-refractivity contribution in [2.45, 2.75) is 38.3 Å². The number of rotatable bonds is 3. The van der Waals surface area contributed by atoms with Crippen LogP contribution in [0.15, 0.2) is 0 Å². The molecule has 0 aromatic rings. The lowest BCUT2D eigenvalue weighted by atomic mass is 9.73. The van der Waals surface area contributed by atoms with Crippen molar-refractivity contribution >= 4 is 0 Å². The average Bonchev–Trinajstić information content (AvgIpc) is 2.53. The molecular formula is C10H22N2O. The normalized spacial score (nSPS) is 33.7. The first kappa shape index (κ1) is 11.0. The Balaban J connectivity index is 2.86. The topological polar surface area (TPSA) is 47.3 Å². The second-order valence-corrected chi connectivity index (χ2v) is 4.56. The van der Waals surface area contributed by atoms with E-state index in [1.54, 1.807) is 7.11 Å². The molecule has 0 saturated carbocycles. The summed E-state index contributed by atoms with van der Waals surface area (Å²) in [6.45, 7) is 8.27. The molecule has 0 amide bonds. The Morgan fingerprint density at radius 2 is 2.15 bits per heavy atom. The molecule has 3 nitrogen and oxygen atoms in total. The second kappa shape index (κ2) is 3.56. The van der Waals surface area contributed by atoms with Crippen molar-refractivity contribution in [1.29, 1.82) is 0 Å². The summed E-state index contributed by atoms with van der Waals surface area (Å²) in [6, 6.07) is 0. The minimum absolute atomic E-state index is 0.179. The summed E-state index contributed by atoms with van der Waals surface area (Å²) in [7, 11) is 1.76. The summed E-state index contributed by atoms with van der Waals surface area (Å²) in [5.41, 5.74) is 5.91. The Morgan fingerprint density at radius 1 is 1.54 bits per heavy atom. The zero-order chi connectivity index (χ0) is 10.1. The first-order chi connectivity index (χ1) is 5.96. The van der Waals surface area contributed by atoms with Crippen molar-refractivity contribution in [2.24, 2.45) is 11.7 Å². The molecule has 3 heteroatoms. The van der Waals surface area contributed by atoms with Crippen LogP contribution < -0.4 is 11.1 Å². The van der Waals surface area contributed by atoms with Crippen molar-refractivity contribution in [3.63, 3.8) is 0 Å². The van der Waals surface area contributed by atoms with E-state index in [1.807, 2.05) is 0 Å². The van der Waals surface area contributed by atoms with Gasteiger partial charge in [-0.15, -0.1) is 0 Å². The zero-order valence-corrected chi connectivity index (χ0v) is 9.18. The van der Waals surface area contributed by atoms with E-state index in [1.165, 1.54) is 0 Å². The molecule has 0 spiro atoms. The fourth-order valence-corrected chi connectivity index (χ4v) is 2.05. The van der Waals surface area contributed by atoms with Crippen LogP contribution in [0.3, 0.4) is 0 Å². The molecule has 1 aliphatic rings. The molecule has 13 heavy (non-hydrogen) atoms. The summed E-state index contributed by atoms with van der Waals surface area (Å²) in [5, 5.41) is 3.32. The third-order valence-corrected chi connectivity index (χ3v) is 3.69. The van der Waals surface area contributed by atoms with Gasteiger partial charge in [-0.05, 0) is 25.8 Å². The fourth-order valence-electron chi connectivity index (χ4n) is 2.05. The number of nitrogens with two attached hydrogens (primary N) is 1. The van der Waals surface area contributed by atoms with Gasteiger partial charge in [-0.25, -0.2) is 0 Å². The van der Waals surface area contributed by atoms with E-state index in [-0.39, 0.29) is 11.1 Å². The summed E-state index contributed by atoms with van der Waals surface area (Å²) >= 11 is 0. The third kappa shape index (κ3) is 1.60. The molecule has 1 aliphatic heterocycles. The van der Waals surface area contributed by atoms with Gasteiger partial charge >= 0.3 is 0 Å². The van der Waals surface area contributed by atoms with Crippen LogP contribution in [-0.2, 0) is 4.74 Å². The lowest BCUT2D eigenvalue weighted by molar-refractivity contribution is -0.0665. The average molecular weight is 186 g/mol. The molecule has 0 radical (unpaired) electrons. The van der Waals surface area contributed by atoms with E-state index in [9.17, 15) is 0 Å². The highest BCUT2D eigenvalue weighted by atomic mass is 16.5. The highest BCUT2D eigenvalue weighted by Gasteiger charge is 2.49. The lowest BCUT2D eigenvalue weighted by Crippen LogP contribution is -2.63. The van der Waals surface area contributed by atoms with E-state index in [2.05, 4.69) is 26.1 Å². The molecule has 0 aliphatic carbocycles. The Bertz CT molecular complexity index is 172. The molecule has 1 saturated heterocycles. The van der Waals surface area contributed by atoms with Crippen LogP contribution >= 0.6 is 0 Å². The van der Waals surface area contributed by atoms with E-state index in [0.717, 1.165) is 19.5 Å². The minimum Gasteiger partial charge on any atom is -0.375 e. The second-order valence-electron chi connectivity index (χ2n) is 4.56. The monoisotopic (exact) mass is 186 g/mol. The third-order valence-electron chi connectivity index (χ3n) is 3.69. The van der Waals surface area contributed by atoms with Crippen LogP contribution in [-0.4, -0.2) is 31.3 Å². The predicted octanol–water partition coefficient (Wildman–Crippen LogP) is 0.738.